The van der Waals surface area contributed by atoms with Gasteiger partial charge in [-0.15, -0.1) is 20.3 Å². The summed E-state index contributed by atoms with van der Waals surface area (Å²) in [5.41, 5.74) is 0. The summed E-state index contributed by atoms with van der Waals surface area (Å²) in [7, 11) is 0.380. The number of halogens is 1. The van der Waals surface area contributed by atoms with Gasteiger partial charge in [0.1, 0.15) is 0 Å². The molecular formula is C3H10AuClP. The van der Waals surface area contributed by atoms with Crippen molar-refractivity contribution in [2.75, 3.05) is 20.0 Å². The van der Waals surface area contributed by atoms with Crippen LogP contribution in [0.1, 0.15) is 0 Å². The van der Waals surface area contributed by atoms with Crippen molar-refractivity contribution in [1.29, 1.82) is 0 Å². The second-order valence-electron chi connectivity index (χ2n) is 1.34. The molecule has 0 unspecified atom stereocenters. The van der Waals surface area contributed by atoms with E-state index in [1.165, 1.54) is 0 Å². The van der Waals surface area contributed by atoms with Gasteiger partial charge in [-0.3, -0.25) is 0 Å². The molecule has 0 atom stereocenters. The maximum atomic E-state index is 2.23. The Bertz CT molecular complexity index is 15.5. The Hall–Kier alpha value is 1.46. The van der Waals surface area contributed by atoms with Crippen LogP contribution in [-0.4, -0.2) is 20.0 Å². The normalized spacial score (nSPS) is 6.00. The Morgan fingerprint density at radius 1 is 1.00 bits per heavy atom. The zero-order valence-corrected chi connectivity index (χ0v) is 8.03. The molecule has 0 N–H and O–H groups in total. The van der Waals surface area contributed by atoms with Crippen LogP contribution < -0.4 is 0 Å². The van der Waals surface area contributed by atoms with Crippen LogP contribution in [0.3, 0.4) is 0 Å². The Labute approximate surface area is 62.8 Å². The van der Waals surface area contributed by atoms with Crippen LogP contribution in [0.15, 0.2) is 0 Å². The van der Waals surface area contributed by atoms with Crippen LogP contribution in [0.25, 0.3) is 0 Å². The van der Waals surface area contributed by atoms with Gasteiger partial charge in [0.25, 0.3) is 0 Å². The first-order valence-corrected chi connectivity index (χ1v) is 4.02. The molecule has 6 heavy (non-hydrogen) atoms. The standard InChI is InChI=1S/C3H9P.Au.ClH/c1-4(2)3;;/h1-3H3;;1H. The van der Waals surface area contributed by atoms with Crippen molar-refractivity contribution >= 4 is 20.3 Å². The van der Waals surface area contributed by atoms with Gasteiger partial charge in [-0.25, -0.2) is 0 Å². The Morgan fingerprint density at radius 3 is 1.00 bits per heavy atom. The first-order chi connectivity index (χ1) is 1.73. The predicted molar refractivity (Wildman–Crippen MR) is 31.9 cm³/mol. The molecule has 0 aromatic rings. The molecule has 0 aliphatic heterocycles. The minimum atomic E-state index is 0. The molecule has 45 valence electrons. The molecule has 0 heterocycles. The van der Waals surface area contributed by atoms with Crippen molar-refractivity contribution < 1.29 is 22.4 Å². The van der Waals surface area contributed by atoms with E-state index < -0.39 is 0 Å². The summed E-state index contributed by atoms with van der Waals surface area (Å²) >= 11 is 0. The minimum absolute atomic E-state index is 0. The van der Waals surface area contributed by atoms with Crippen LogP contribution in [0.5, 0.6) is 0 Å². The van der Waals surface area contributed by atoms with E-state index in [1.54, 1.807) is 0 Å². The van der Waals surface area contributed by atoms with Gasteiger partial charge in [0.2, 0.25) is 0 Å². The fourth-order valence-electron chi connectivity index (χ4n) is 0. The summed E-state index contributed by atoms with van der Waals surface area (Å²) in [6, 6.07) is 0. The van der Waals surface area contributed by atoms with Crippen molar-refractivity contribution in [1.82, 2.24) is 0 Å². The molecule has 0 spiro atoms. The molecule has 0 bridgehead atoms. The smallest absolute Gasteiger partial charge is 0 e. The Morgan fingerprint density at radius 2 is 1.00 bits per heavy atom. The van der Waals surface area contributed by atoms with E-state index in [0.29, 0.717) is 7.92 Å². The monoisotopic (exact) mass is 309 g/mol. The SMILES string of the molecule is CP(C)C.Cl.[Au]. The molecule has 0 aliphatic carbocycles. The van der Waals surface area contributed by atoms with E-state index in [1.807, 2.05) is 0 Å². The van der Waals surface area contributed by atoms with Crippen LogP contribution in [0.4, 0.5) is 0 Å². The molecule has 0 saturated heterocycles. The van der Waals surface area contributed by atoms with Crippen LogP contribution in [0.2, 0.25) is 0 Å². The molecular weight excluding hydrogens is 299 g/mol. The summed E-state index contributed by atoms with van der Waals surface area (Å²) in [5, 5.41) is 0. The van der Waals surface area contributed by atoms with Gasteiger partial charge in [-0.05, 0) is 20.0 Å². The average Bonchev–Trinajstić information content (AvgIpc) is 0.811. The maximum absolute atomic E-state index is 2.23. The van der Waals surface area contributed by atoms with E-state index in [4.69, 9.17) is 0 Å². The minimum Gasteiger partial charge on any atom is -0.147 e. The predicted octanol–water partition coefficient (Wildman–Crippen LogP) is 1.78. The second-order valence-corrected chi connectivity index (χ2v) is 4.02. The van der Waals surface area contributed by atoms with Gasteiger partial charge in [0, 0.05) is 22.4 Å². The van der Waals surface area contributed by atoms with Gasteiger partial charge in [-0.1, -0.05) is 0 Å². The maximum Gasteiger partial charge on any atom is 0 e. The molecule has 0 rings (SSSR count). The largest absolute Gasteiger partial charge is 0.147 e. The molecule has 0 fully saturated rings. The fourth-order valence-corrected chi connectivity index (χ4v) is 0. The van der Waals surface area contributed by atoms with Gasteiger partial charge in [0.15, 0.2) is 0 Å². The van der Waals surface area contributed by atoms with E-state index in [-0.39, 0.29) is 34.8 Å². The summed E-state index contributed by atoms with van der Waals surface area (Å²) < 4.78 is 0. The molecule has 0 aromatic heterocycles. The summed E-state index contributed by atoms with van der Waals surface area (Å²) in [4.78, 5) is 0. The fraction of sp³-hybridized carbons (Fsp3) is 1.00. The first kappa shape index (κ1) is 15.7. The van der Waals surface area contributed by atoms with Gasteiger partial charge in [0.05, 0.1) is 0 Å². The molecule has 0 aromatic carbocycles. The number of rotatable bonds is 0. The van der Waals surface area contributed by atoms with E-state index in [9.17, 15) is 0 Å². The topological polar surface area (TPSA) is 0 Å². The number of hydrogen-bond donors (Lipinski definition) is 0. The van der Waals surface area contributed by atoms with Gasteiger partial charge >= 0.3 is 0 Å². The third-order valence-electron chi connectivity index (χ3n) is 0. The molecule has 0 nitrogen and oxygen atoms in total. The van der Waals surface area contributed by atoms with Crippen molar-refractivity contribution in [2.45, 2.75) is 0 Å². The van der Waals surface area contributed by atoms with Gasteiger partial charge < -0.3 is 0 Å². The zero-order valence-electron chi connectivity index (χ0n) is 4.16. The average molecular weight is 310 g/mol. The van der Waals surface area contributed by atoms with Crippen LogP contribution in [-0.2, 0) is 22.4 Å². The Kier molecular flexibility index (Phi) is 25.3. The molecule has 0 aliphatic rings. The van der Waals surface area contributed by atoms with E-state index >= 15 is 0 Å². The molecule has 0 saturated carbocycles. The van der Waals surface area contributed by atoms with E-state index in [0.717, 1.165) is 0 Å². The molecule has 1 radical (unpaired) electrons. The molecule has 3 heteroatoms. The van der Waals surface area contributed by atoms with Gasteiger partial charge in [-0.2, -0.15) is 0 Å². The van der Waals surface area contributed by atoms with Crippen molar-refractivity contribution in [2.24, 2.45) is 0 Å². The number of hydrogen-bond acceptors (Lipinski definition) is 0. The van der Waals surface area contributed by atoms with Crippen molar-refractivity contribution in [3.05, 3.63) is 0 Å². The van der Waals surface area contributed by atoms with Crippen molar-refractivity contribution in [3.63, 3.8) is 0 Å². The van der Waals surface area contributed by atoms with Crippen LogP contribution in [0, 0.1) is 0 Å². The summed E-state index contributed by atoms with van der Waals surface area (Å²) in [6.07, 6.45) is 0. The first-order valence-electron chi connectivity index (χ1n) is 1.34. The van der Waals surface area contributed by atoms with Crippen molar-refractivity contribution in [3.8, 4) is 0 Å². The third kappa shape index (κ3) is 50.9. The van der Waals surface area contributed by atoms with Crippen LogP contribution >= 0.6 is 20.3 Å². The van der Waals surface area contributed by atoms with E-state index in [2.05, 4.69) is 20.0 Å². The second kappa shape index (κ2) is 9.68. The molecule has 0 amide bonds. The summed E-state index contributed by atoms with van der Waals surface area (Å²) in [5.74, 6) is 0. The quantitative estimate of drug-likeness (QED) is 0.473. The third-order valence-corrected chi connectivity index (χ3v) is 0. The zero-order chi connectivity index (χ0) is 3.58. The summed E-state index contributed by atoms with van der Waals surface area (Å²) in [6.45, 7) is 6.69. The Balaban J connectivity index is -0.0000000450.